The first kappa shape index (κ1) is 5.15. The van der Waals surface area contributed by atoms with Crippen LogP contribution in [0.4, 0.5) is 0 Å². The molecule has 0 heterocycles. The Morgan fingerprint density at radius 1 is 1.80 bits per heavy atom. The minimum absolute atomic E-state index is 0.198. The van der Waals surface area contributed by atoms with Crippen LogP contribution in [-0.4, -0.2) is 30.2 Å². The summed E-state index contributed by atoms with van der Waals surface area (Å²) in [6, 6.07) is 0. The van der Waals surface area contributed by atoms with Gasteiger partial charge in [0.1, 0.15) is 0 Å². The normalized spacial score (nSPS) is 5.60. The van der Waals surface area contributed by atoms with Gasteiger partial charge in [0.05, 0.1) is 0 Å². The third kappa shape index (κ3) is 4.15. The monoisotopic (exact) mass is 270 g/mol. The van der Waals surface area contributed by atoms with Gasteiger partial charge >= 0.3 is 40.6 Å². The average molecular weight is 270 g/mol. The minimum atomic E-state index is -1.98. The van der Waals surface area contributed by atoms with Gasteiger partial charge in [-0.2, -0.15) is 0 Å². The van der Waals surface area contributed by atoms with Crippen LogP contribution in [-0.2, 0) is 10.4 Å². The summed E-state index contributed by atoms with van der Waals surface area (Å²) >= 11 is -1.98. The number of carbonyl (C=O) groups is 1. The van der Waals surface area contributed by atoms with Crippen molar-refractivity contribution in [2.24, 2.45) is 0 Å². The molecule has 0 fully saturated rings. The SMILES string of the molecule is O=C[O][Bi]=[O]. The van der Waals surface area contributed by atoms with Crippen LogP contribution in [0.25, 0.3) is 0 Å². The molecule has 3 nitrogen and oxygen atoms in total. The first-order valence-electron chi connectivity index (χ1n) is 0.837. The molecule has 0 amide bonds. The third-order valence-electron chi connectivity index (χ3n) is 0.0861. The Hall–Kier alpha value is 0.153. The first-order chi connectivity index (χ1) is 2.41. The Balaban J connectivity index is 2.65. The number of rotatable bonds is 2. The second kappa shape index (κ2) is 4.15. The van der Waals surface area contributed by atoms with Crippen molar-refractivity contribution in [2.75, 3.05) is 0 Å². The van der Waals surface area contributed by atoms with E-state index in [-0.39, 0.29) is 6.47 Å². The van der Waals surface area contributed by atoms with Crippen LogP contribution in [0.15, 0.2) is 0 Å². The van der Waals surface area contributed by atoms with Gasteiger partial charge in [-0.05, 0) is 0 Å². The summed E-state index contributed by atoms with van der Waals surface area (Å²) < 4.78 is 13.0. The fourth-order valence-electron chi connectivity index (χ4n) is 0.0176. The predicted octanol–water partition coefficient (Wildman–Crippen LogP) is -0.876. The Kier molecular flexibility index (Phi) is 4.28. The van der Waals surface area contributed by atoms with Crippen molar-refractivity contribution in [2.45, 2.75) is 0 Å². The standard InChI is InChI=1S/CH2O2.Bi.O/c2-1-3;;/h1H,(H,2,3);;/q;+1;/p-1. The van der Waals surface area contributed by atoms with Gasteiger partial charge in [-0.1, -0.05) is 0 Å². The second-order valence-corrected chi connectivity index (χ2v) is 1.68. The topological polar surface area (TPSA) is 43.4 Å². The van der Waals surface area contributed by atoms with Crippen LogP contribution in [0, 0.1) is 0 Å². The molecule has 0 aromatic carbocycles. The van der Waals surface area contributed by atoms with Gasteiger partial charge in [0, 0.05) is 0 Å². The van der Waals surface area contributed by atoms with E-state index in [4.69, 9.17) is 4.79 Å². The Labute approximate surface area is 40.9 Å². The fraction of sp³-hybridized carbons (Fsp3) is 0. The van der Waals surface area contributed by atoms with Crippen LogP contribution in [0.3, 0.4) is 0 Å². The summed E-state index contributed by atoms with van der Waals surface area (Å²) in [5.74, 6) is 0. The third-order valence-corrected chi connectivity index (χ3v) is 0.755. The molecule has 0 N–H and O–H groups in total. The zero-order chi connectivity index (χ0) is 4.12. The van der Waals surface area contributed by atoms with Crippen molar-refractivity contribution < 1.29 is 10.4 Å². The predicted molar refractivity (Wildman–Crippen MR) is 13.6 cm³/mol. The number of hydrogen-bond acceptors (Lipinski definition) is 3. The second-order valence-electron chi connectivity index (χ2n) is 0.276. The van der Waals surface area contributed by atoms with E-state index < -0.39 is 23.7 Å². The van der Waals surface area contributed by atoms with Crippen LogP contribution in [0.5, 0.6) is 0 Å². The van der Waals surface area contributed by atoms with Crippen molar-refractivity contribution >= 4 is 30.2 Å². The summed E-state index contributed by atoms with van der Waals surface area (Å²) in [4.78, 5) is 9.03. The molecule has 0 unspecified atom stereocenters. The van der Waals surface area contributed by atoms with Gasteiger partial charge in [0.15, 0.2) is 0 Å². The molecule has 0 atom stereocenters. The average Bonchev–Trinajstić information content (AvgIpc) is 1.41. The number of hydrogen-bond donors (Lipinski definition) is 0. The molecule has 5 heavy (non-hydrogen) atoms. The van der Waals surface area contributed by atoms with Gasteiger partial charge < -0.3 is 0 Å². The van der Waals surface area contributed by atoms with Crippen LogP contribution >= 0.6 is 0 Å². The number of carbonyl (C=O) groups excluding carboxylic acids is 1. The summed E-state index contributed by atoms with van der Waals surface area (Å²) in [6.07, 6.45) is 0. The summed E-state index contributed by atoms with van der Waals surface area (Å²) in [5, 5.41) is 0. The van der Waals surface area contributed by atoms with Gasteiger partial charge in [-0.25, -0.2) is 0 Å². The molecule has 0 aliphatic rings. The summed E-state index contributed by atoms with van der Waals surface area (Å²) in [6.45, 7) is 0.198. The van der Waals surface area contributed by atoms with E-state index in [1.165, 1.54) is 0 Å². The van der Waals surface area contributed by atoms with Gasteiger partial charge in [0.25, 0.3) is 0 Å². The van der Waals surface area contributed by atoms with Crippen molar-refractivity contribution in [3.05, 3.63) is 0 Å². The van der Waals surface area contributed by atoms with E-state index in [0.717, 1.165) is 0 Å². The molecular formula is CHBiO3. The molecule has 0 bridgehead atoms. The molecule has 0 radical (unpaired) electrons. The molecular weight excluding hydrogens is 269 g/mol. The quantitative estimate of drug-likeness (QED) is 0.483. The zero-order valence-corrected chi connectivity index (χ0v) is 5.73. The molecule has 0 saturated carbocycles. The molecule has 28 valence electrons. The first-order valence-corrected chi connectivity index (χ1v) is 3.68. The molecule has 4 heteroatoms. The Morgan fingerprint density at radius 3 is 2.40 bits per heavy atom. The van der Waals surface area contributed by atoms with Gasteiger partial charge in [0.2, 0.25) is 0 Å². The molecule has 0 saturated heterocycles. The van der Waals surface area contributed by atoms with Crippen molar-refractivity contribution in [3.63, 3.8) is 0 Å². The van der Waals surface area contributed by atoms with Crippen molar-refractivity contribution in [1.82, 2.24) is 0 Å². The van der Waals surface area contributed by atoms with Crippen LogP contribution in [0.2, 0.25) is 0 Å². The zero-order valence-electron chi connectivity index (χ0n) is 2.25. The maximum absolute atomic E-state index is 9.26. The van der Waals surface area contributed by atoms with E-state index in [9.17, 15) is 2.81 Å². The molecule has 0 aromatic heterocycles. The van der Waals surface area contributed by atoms with E-state index >= 15 is 0 Å². The van der Waals surface area contributed by atoms with Gasteiger partial charge in [-0.3, -0.25) is 0 Å². The van der Waals surface area contributed by atoms with Crippen molar-refractivity contribution in [3.8, 4) is 0 Å². The fourth-order valence-corrected chi connectivity index (χ4v) is 0.154. The van der Waals surface area contributed by atoms with Crippen LogP contribution < -0.4 is 0 Å². The van der Waals surface area contributed by atoms with E-state index in [1.807, 2.05) is 0 Å². The summed E-state index contributed by atoms with van der Waals surface area (Å²) in [5.41, 5.74) is 0. The molecule has 0 aromatic rings. The molecule has 0 aliphatic heterocycles. The van der Waals surface area contributed by atoms with E-state index in [1.54, 1.807) is 0 Å². The summed E-state index contributed by atoms with van der Waals surface area (Å²) in [7, 11) is 0. The Bertz CT molecular complexity index is 36.2. The van der Waals surface area contributed by atoms with Crippen LogP contribution in [0.1, 0.15) is 0 Å². The molecule has 0 spiro atoms. The Morgan fingerprint density at radius 2 is 2.40 bits per heavy atom. The van der Waals surface area contributed by atoms with E-state index in [2.05, 4.69) is 2.81 Å². The maximum atomic E-state index is 9.26. The van der Waals surface area contributed by atoms with E-state index in [0.29, 0.717) is 0 Å². The van der Waals surface area contributed by atoms with Gasteiger partial charge in [-0.15, -0.1) is 0 Å². The molecule has 0 rings (SSSR count). The molecule has 0 aliphatic carbocycles. The van der Waals surface area contributed by atoms with Crippen molar-refractivity contribution in [1.29, 1.82) is 0 Å².